The zero-order chi connectivity index (χ0) is 15.8. The van der Waals surface area contributed by atoms with Crippen molar-refractivity contribution in [3.63, 3.8) is 0 Å². The molecular weight excluding hydrogens is 292 g/mol. The number of amides is 1. The van der Waals surface area contributed by atoms with Gasteiger partial charge in [-0.05, 0) is 55.2 Å². The maximum atomic E-state index is 12.1. The van der Waals surface area contributed by atoms with E-state index in [9.17, 15) is 4.79 Å². The Bertz CT molecular complexity index is 756. The molecule has 1 fully saturated rings. The molecular formula is C18H18N2O3. The SMILES string of the molecule is CC(=O)N1N=C2/C(=C\c3ccco3)CCC[C@@H]2[C@H]1c1ccco1. The minimum Gasteiger partial charge on any atom is -0.467 e. The normalized spacial score (nSPS) is 25.5. The topological polar surface area (TPSA) is 59.0 Å². The molecule has 4 rings (SSSR count). The van der Waals surface area contributed by atoms with Crippen LogP contribution < -0.4 is 0 Å². The zero-order valence-corrected chi connectivity index (χ0v) is 12.9. The van der Waals surface area contributed by atoms with Crippen LogP contribution in [0.2, 0.25) is 0 Å². The molecule has 0 unspecified atom stereocenters. The summed E-state index contributed by atoms with van der Waals surface area (Å²) in [7, 11) is 0. The van der Waals surface area contributed by atoms with Crippen molar-refractivity contribution >= 4 is 17.7 Å². The number of rotatable bonds is 2. The summed E-state index contributed by atoms with van der Waals surface area (Å²) in [5, 5.41) is 6.21. The summed E-state index contributed by atoms with van der Waals surface area (Å²) >= 11 is 0. The Morgan fingerprint density at radius 1 is 1.30 bits per heavy atom. The predicted molar refractivity (Wildman–Crippen MR) is 85.4 cm³/mol. The molecule has 5 heteroatoms. The molecule has 2 atom stereocenters. The van der Waals surface area contributed by atoms with E-state index in [2.05, 4.69) is 5.10 Å². The average molecular weight is 310 g/mol. The quantitative estimate of drug-likeness (QED) is 0.842. The van der Waals surface area contributed by atoms with Crippen LogP contribution in [0.4, 0.5) is 0 Å². The van der Waals surface area contributed by atoms with Gasteiger partial charge in [-0.1, -0.05) is 0 Å². The molecule has 23 heavy (non-hydrogen) atoms. The Morgan fingerprint density at radius 3 is 2.83 bits per heavy atom. The van der Waals surface area contributed by atoms with Crippen LogP contribution in [-0.2, 0) is 4.79 Å². The molecule has 1 aliphatic heterocycles. The van der Waals surface area contributed by atoms with Gasteiger partial charge in [0.1, 0.15) is 17.6 Å². The van der Waals surface area contributed by atoms with Gasteiger partial charge in [0.05, 0.1) is 18.2 Å². The lowest BCUT2D eigenvalue weighted by Crippen LogP contribution is -2.30. The highest BCUT2D eigenvalue weighted by Crippen LogP contribution is 2.44. The highest BCUT2D eigenvalue weighted by Gasteiger charge is 2.44. The summed E-state index contributed by atoms with van der Waals surface area (Å²) in [6, 6.07) is 7.44. The van der Waals surface area contributed by atoms with Gasteiger partial charge in [0, 0.05) is 12.8 Å². The molecule has 2 aromatic heterocycles. The number of carbonyl (C=O) groups is 1. The van der Waals surface area contributed by atoms with Crippen LogP contribution in [0, 0.1) is 5.92 Å². The first kappa shape index (κ1) is 14.1. The number of hydrogen-bond acceptors (Lipinski definition) is 4. The number of hydrogen-bond donors (Lipinski definition) is 0. The minimum absolute atomic E-state index is 0.0642. The lowest BCUT2D eigenvalue weighted by Gasteiger charge is -2.27. The van der Waals surface area contributed by atoms with Crippen LogP contribution in [0.3, 0.4) is 0 Å². The van der Waals surface area contributed by atoms with E-state index < -0.39 is 0 Å². The predicted octanol–water partition coefficient (Wildman–Crippen LogP) is 4.02. The molecule has 0 radical (unpaired) electrons. The summed E-state index contributed by atoms with van der Waals surface area (Å²) < 4.78 is 11.0. The van der Waals surface area contributed by atoms with Crippen LogP contribution in [0.5, 0.6) is 0 Å². The Labute approximate surface area is 134 Å². The number of nitrogens with zero attached hydrogens (tertiary/aromatic N) is 2. The number of fused-ring (bicyclic) bond motifs is 1. The Hall–Kier alpha value is -2.56. The molecule has 0 saturated heterocycles. The maximum Gasteiger partial charge on any atom is 0.240 e. The fourth-order valence-corrected chi connectivity index (χ4v) is 3.55. The fourth-order valence-electron chi connectivity index (χ4n) is 3.55. The van der Waals surface area contributed by atoms with Gasteiger partial charge in [0.15, 0.2) is 0 Å². The summed E-state index contributed by atoms with van der Waals surface area (Å²) in [6.07, 6.45) is 8.37. The van der Waals surface area contributed by atoms with Crippen molar-refractivity contribution in [3.8, 4) is 0 Å². The summed E-state index contributed by atoms with van der Waals surface area (Å²) in [5.41, 5.74) is 2.14. The lowest BCUT2D eigenvalue weighted by atomic mass is 9.79. The van der Waals surface area contributed by atoms with Crippen molar-refractivity contribution in [3.05, 3.63) is 53.9 Å². The van der Waals surface area contributed by atoms with Crippen LogP contribution >= 0.6 is 0 Å². The van der Waals surface area contributed by atoms with E-state index in [0.29, 0.717) is 0 Å². The first-order chi connectivity index (χ1) is 11.2. The molecule has 2 aromatic rings. The summed E-state index contributed by atoms with van der Waals surface area (Å²) in [6.45, 7) is 1.55. The Morgan fingerprint density at radius 2 is 2.13 bits per heavy atom. The van der Waals surface area contributed by atoms with Crippen molar-refractivity contribution in [1.29, 1.82) is 0 Å². The molecule has 0 spiro atoms. The van der Waals surface area contributed by atoms with Crippen LogP contribution in [-0.4, -0.2) is 16.6 Å². The third-order valence-corrected chi connectivity index (χ3v) is 4.52. The maximum absolute atomic E-state index is 12.1. The van der Waals surface area contributed by atoms with E-state index in [4.69, 9.17) is 8.83 Å². The Balaban J connectivity index is 1.74. The second kappa shape index (κ2) is 5.57. The molecule has 0 N–H and O–H groups in total. The van der Waals surface area contributed by atoms with Crippen LogP contribution in [0.1, 0.15) is 43.7 Å². The molecule has 3 heterocycles. The van der Waals surface area contributed by atoms with E-state index in [-0.39, 0.29) is 17.9 Å². The van der Waals surface area contributed by atoms with Crippen molar-refractivity contribution in [1.82, 2.24) is 5.01 Å². The van der Waals surface area contributed by atoms with Crippen LogP contribution in [0.15, 0.2) is 56.3 Å². The van der Waals surface area contributed by atoms with E-state index in [1.807, 2.05) is 30.3 Å². The van der Waals surface area contributed by atoms with Gasteiger partial charge in [0.2, 0.25) is 5.91 Å². The summed E-state index contributed by atoms with van der Waals surface area (Å²) in [4.78, 5) is 12.1. The van der Waals surface area contributed by atoms with E-state index in [1.54, 1.807) is 24.5 Å². The van der Waals surface area contributed by atoms with Gasteiger partial charge in [0.25, 0.3) is 0 Å². The van der Waals surface area contributed by atoms with Crippen molar-refractivity contribution in [2.45, 2.75) is 32.2 Å². The van der Waals surface area contributed by atoms with Crippen molar-refractivity contribution in [2.24, 2.45) is 11.0 Å². The first-order valence-electron chi connectivity index (χ1n) is 7.90. The number of allylic oxidation sites excluding steroid dienone is 1. The van der Waals surface area contributed by atoms with Gasteiger partial charge in [-0.3, -0.25) is 4.79 Å². The molecule has 0 bridgehead atoms. The van der Waals surface area contributed by atoms with Crippen molar-refractivity contribution < 1.29 is 13.6 Å². The largest absolute Gasteiger partial charge is 0.467 e. The molecule has 5 nitrogen and oxygen atoms in total. The molecule has 1 amide bonds. The van der Waals surface area contributed by atoms with Gasteiger partial charge in [-0.2, -0.15) is 5.10 Å². The van der Waals surface area contributed by atoms with Gasteiger partial charge < -0.3 is 8.83 Å². The van der Waals surface area contributed by atoms with Crippen molar-refractivity contribution in [2.75, 3.05) is 0 Å². The molecule has 1 aliphatic carbocycles. The number of furan rings is 2. The third kappa shape index (κ3) is 2.42. The number of hydrazone groups is 1. The summed E-state index contributed by atoms with van der Waals surface area (Å²) in [5.74, 6) is 1.73. The number of carbonyl (C=O) groups excluding carboxylic acids is 1. The van der Waals surface area contributed by atoms with Gasteiger partial charge in [-0.25, -0.2) is 5.01 Å². The minimum atomic E-state index is -0.141. The molecule has 2 aliphatic rings. The van der Waals surface area contributed by atoms with Crippen LogP contribution in [0.25, 0.3) is 6.08 Å². The van der Waals surface area contributed by atoms with Gasteiger partial charge >= 0.3 is 0 Å². The molecule has 118 valence electrons. The van der Waals surface area contributed by atoms with Gasteiger partial charge in [-0.15, -0.1) is 0 Å². The molecule has 0 aromatic carbocycles. The first-order valence-corrected chi connectivity index (χ1v) is 7.90. The monoisotopic (exact) mass is 310 g/mol. The highest BCUT2D eigenvalue weighted by atomic mass is 16.3. The fraction of sp³-hybridized carbons (Fsp3) is 0.333. The van der Waals surface area contributed by atoms with E-state index in [0.717, 1.165) is 42.1 Å². The average Bonchev–Trinajstić information content (AvgIpc) is 3.27. The van der Waals surface area contributed by atoms with E-state index in [1.165, 1.54) is 0 Å². The second-order valence-corrected chi connectivity index (χ2v) is 5.99. The highest BCUT2D eigenvalue weighted by molar-refractivity contribution is 6.07. The second-order valence-electron chi connectivity index (χ2n) is 5.99. The Kier molecular flexibility index (Phi) is 3.41. The zero-order valence-electron chi connectivity index (χ0n) is 12.9. The standard InChI is InChI=1S/C18H18N2O3/c1-12(21)20-18(16-8-4-10-23-16)15-7-2-5-13(17(15)19-20)11-14-6-3-9-22-14/h3-4,6,8-11,15,18H,2,5,7H2,1H3/b13-11-/t15-,18-/m0/s1. The smallest absolute Gasteiger partial charge is 0.240 e. The van der Waals surface area contributed by atoms with E-state index >= 15 is 0 Å². The molecule has 1 saturated carbocycles. The lowest BCUT2D eigenvalue weighted by molar-refractivity contribution is -0.131. The third-order valence-electron chi connectivity index (χ3n) is 4.52.